The first-order valence-corrected chi connectivity index (χ1v) is 5.71. The average molecular weight is 272 g/mol. The summed E-state index contributed by atoms with van der Waals surface area (Å²) >= 11 is 3.50. The molecule has 0 aliphatic heterocycles. The molecule has 0 saturated heterocycles. The third-order valence-electron chi connectivity index (χ3n) is 2.39. The minimum absolute atomic E-state index is 0.579. The Hall–Kier alpha value is -0.840. The number of hydrogen-bond acceptors (Lipinski definition) is 4. The van der Waals surface area contributed by atoms with E-state index < -0.39 is 0 Å². The molecule has 0 bridgehead atoms. The fraction of sp³-hybridized carbons (Fsp3) is 0.600. The first kappa shape index (κ1) is 10.7. The van der Waals surface area contributed by atoms with Crippen molar-refractivity contribution in [1.82, 2.24) is 9.97 Å². The summed E-state index contributed by atoms with van der Waals surface area (Å²) in [4.78, 5) is 10.7. The van der Waals surface area contributed by atoms with Crippen molar-refractivity contribution in [2.75, 3.05) is 26.1 Å². The molecule has 5 heteroatoms. The first-order chi connectivity index (χ1) is 7.13. The summed E-state index contributed by atoms with van der Waals surface area (Å²) in [6.45, 7) is 0. The van der Waals surface area contributed by atoms with Crippen LogP contribution in [0.25, 0.3) is 0 Å². The molecule has 0 spiro atoms. The summed E-state index contributed by atoms with van der Waals surface area (Å²) in [7, 11) is 5.49. The lowest BCUT2D eigenvalue weighted by molar-refractivity contribution is 0.393. The molecule has 2 rings (SSSR count). The fourth-order valence-electron chi connectivity index (χ4n) is 1.39. The SMILES string of the molecule is COc1nc(N(C)C)nc(C2CC2)c1Br. The van der Waals surface area contributed by atoms with E-state index in [4.69, 9.17) is 4.74 Å². The van der Waals surface area contributed by atoms with E-state index in [-0.39, 0.29) is 0 Å². The number of nitrogens with zero attached hydrogens (tertiary/aromatic N) is 3. The van der Waals surface area contributed by atoms with Gasteiger partial charge in [0.05, 0.1) is 12.8 Å². The molecule has 0 amide bonds. The third-order valence-corrected chi connectivity index (χ3v) is 3.14. The van der Waals surface area contributed by atoms with Gasteiger partial charge in [0.15, 0.2) is 0 Å². The Bertz CT molecular complexity index is 377. The van der Waals surface area contributed by atoms with Crippen LogP contribution in [-0.2, 0) is 0 Å². The van der Waals surface area contributed by atoms with Crippen LogP contribution in [-0.4, -0.2) is 31.2 Å². The van der Waals surface area contributed by atoms with Gasteiger partial charge in [-0.15, -0.1) is 0 Å². The highest BCUT2D eigenvalue weighted by molar-refractivity contribution is 9.10. The molecule has 1 aromatic heterocycles. The molecule has 0 atom stereocenters. The molecule has 0 radical (unpaired) electrons. The molecule has 0 unspecified atom stereocenters. The van der Waals surface area contributed by atoms with Crippen LogP contribution in [0.4, 0.5) is 5.95 Å². The molecule has 1 aliphatic rings. The number of ether oxygens (including phenoxy) is 1. The molecular formula is C10H14BrN3O. The van der Waals surface area contributed by atoms with E-state index in [0.29, 0.717) is 17.7 Å². The lowest BCUT2D eigenvalue weighted by Crippen LogP contribution is -2.14. The molecule has 0 N–H and O–H groups in total. The maximum atomic E-state index is 5.23. The summed E-state index contributed by atoms with van der Waals surface area (Å²) in [5, 5.41) is 0. The highest BCUT2D eigenvalue weighted by Gasteiger charge is 2.30. The van der Waals surface area contributed by atoms with Gasteiger partial charge in [-0.3, -0.25) is 0 Å². The standard InChI is InChI=1S/C10H14BrN3O/c1-14(2)10-12-8(6-4-5-6)7(11)9(13-10)15-3/h6H,4-5H2,1-3H3. The van der Waals surface area contributed by atoms with Crippen molar-refractivity contribution in [2.45, 2.75) is 18.8 Å². The number of anilines is 1. The van der Waals surface area contributed by atoms with Crippen molar-refractivity contribution >= 4 is 21.9 Å². The minimum atomic E-state index is 0.579. The number of rotatable bonds is 3. The van der Waals surface area contributed by atoms with Gasteiger partial charge in [-0.05, 0) is 28.8 Å². The van der Waals surface area contributed by atoms with Crippen LogP contribution in [0.3, 0.4) is 0 Å². The number of aromatic nitrogens is 2. The van der Waals surface area contributed by atoms with E-state index in [0.717, 1.165) is 10.2 Å². The smallest absolute Gasteiger partial charge is 0.232 e. The Labute approximate surface area is 97.8 Å². The summed E-state index contributed by atoms with van der Waals surface area (Å²) in [5.41, 5.74) is 1.07. The van der Waals surface area contributed by atoms with Gasteiger partial charge in [0, 0.05) is 20.0 Å². The molecule has 1 heterocycles. The number of halogens is 1. The molecule has 0 aromatic carbocycles. The zero-order valence-corrected chi connectivity index (χ0v) is 10.7. The van der Waals surface area contributed by atoms with Crippen LogP contribution in [0.1, 0.15) is 24.5 Å². The molecule has 1 aromatic rings. The second-order valence-corrected chi connectivity index (χ2v) is 4.69. The maximum absolute atomic E-state index is 5.23. The van der Waals surface area contributed by atoms with E-state index >= 15 is 0 Å². The van der Waals surface area contributed by atoms with Gasteiger partial charge in [0.2, 0.25) is 11.8 Å². The van der Waals surface area contributed by atoms with Crippen molar-refractivity contribution in [1.29, 1.82) is 0 Å². The average Bonchev–Trinajstić information content (AvgIpc) is 3.01. The summed E-state index contributed by atoms with van der Waals surface area (Å²) in [6, 6.07) is 0. The Morgan fingerprint density at radius 3 is 2.47 bits per heavy atom. The number of methoxy groups -OCH3 is 1. The normalized spacial score (nSPS) is 15.2. The fourth-order valence-corrected chi connectivity index (χ4v) is 2.06. The largest absolute Gasteiger partial charge is 0.480 e. The van der Waals surface area contributed by atoms with Gasteiger partial charge in [0.25, 0.3) is 0 Å². The van der Waals surface area contributed by atoms with Crippen molar-refractivity contribution in [3.63, 3.8) is 0 Å². The van der Waals surface area contributed by atoms with Crippen LogP contribution in [0.5, 0.6) is 5.88 Å². The zero-order valence-electron chi connectivity index (χ0n) is 9.12. The van der Waals surface area contributed by atoms with Crippen LogP contribution < -0.4 is 9.64 Å². The van der Waals surface area contributed by atoms with Gasteiger partial charge in [-0.1, -0.05) is 0 Å². The second-order valence-electron chi connectivity index (χ2n) is 3.90. The summed E-state index contributed by atoms with van der Waals surface area (Å²) in [6.07, 6.45) is 2.43. The van der Waals surface area contributed by atoms with E-state index in [1.165, 1.54) is 12.8 Å². The van der Waals surface area contributed by atoms with Gasteiger partial charge in [0.1, 0.15) is 4.47 Å². The van der Waals surface area contributed by atoms with Crippen LogP contribution >= 0.6 is 15.9 Å². The molecular weight excluding hydrogens is 258 g/mol. The highest BCUT2D eigenvalue weighted by atomic mass is 79.9. The predicted octanol–water partition coefficient (Wildman–Crippen LogP) is 2.19. The van der Waals surface area contributed by atoms with Gasteiger partial charge < -0.3 is 9.64 Å². The number of hydrogen-bond donors (Lipinski definition) is 0. The lowest BCUT2D eigenvalue weighted by atomic mass is 10.3. The third kappa shape index (κ3) is 2.07. The molecule has 1 fully saturated rings. The van der Waals surface area contributed by atoms with Crippen LogP contribution in [0.2, 0.25) is 0 Å². The van der Waals surface area contributed by atoms with Crippen molar-refractivity contribution < 1.29 is 4.74 Å². The van der Waals surface area contributed by atoms with E-state index in [1.54, 1.807) is 7.11 Å². The van der Waals surface area contributed by atoms with Gasteiger partial charge >= 0.3 is 0 Å². The van der Waals surface area contributed by atoms with E-state index in [1.807, 2.05) is 19.0 Å². The Morgan fingerprint density at radius 2 is 2.00 bits per heavy atom. The topological polar surface area (TPSA) is 38.2 Å². The van der Waals surface area contributed by atoms with Crippen LogP contribution in [0.15, 0.2) is 4.47 Å². The molecule has 15 heavy (non-hydrogen) atoms. The van der Waals surface area contributed by atoms with Crippen molar-refractivity contribution in [3.8, 4) is 5.88 Å². The highest BCUT2D eigenvalue weighted by Crippen LogP contribution is 2.44. The summed E-state index contributed by atoms with van der Waals surface area (Å²) < 4.78 is 6.13. The monoisotopic (exact) mass is 271 g/mol. The van der Waals surface area contributed by atoms with E-state index in [2.05, 4.69) is 25.9 Å². The second kappa shape index (κ2) is 3.96. The maximum Gasteiger partial charge on any atom is 0.232 e. The van der Waals surface area contributed by atoms with Gasteiger partial charge in [-0.2, -0.15) is 4.98 Å². The quantitative estimate of drug-likeness (QED) is 0.845. The Morgan fingerprint density at radius 1 is 1.33 bits per heavy atom. The van der Waals surface area contributed by atoms with Gasteiger partial charge in [-0.25, -0.2) is 4.98 Å². The molecule has 82 valence electrons. The van der Waals surface area contributed by atoms with Crippen LogP contribution in [0, 0.1) is 0 Å². The molecule has 4 nitrogen and oxygen atoms in total. The lowest BCUT2D eigenvalue weighted by Gasteiger charge is -2.14. The van der Waals surface area contributed by atoms with E-state index in [9.17, 15) is 0 Å². The zero-order chi connectivity index (χ0) is 11.0. The van der Waals surface area contributed by atoms with Crippen molar-refractivity contribution in [2.24, 2.45) is 0 Å². The first-order valence-electron chi connectivity index (χ1n) is 4.92. The molecule has 1 saturated carbocycles. The Balaban J connectivity index is 2.47. The molecule has 1 aliphatic carbocycles. The summed E-state index contributed by atoms with van der Waals surface area (Å²) in [5.74, 6) is 1.91. The van der Waals surface area contributed by atoms with Crippen molar-refractivity contribution in [3.05, 3.63) is 10.2 Å². The Kier molecular flexibility index (Phi) is 2.82. The minimum Gasteiger partial charge on any atom is -0.480 e. The predicted molar refractivity (Wildman–Crippen MR) is 62.6 cm³/mol.